The molecule has 0 fully saturated rings. The van der Waals surface area contributed by atoms with Crippen molar-refractivity contribution in [3.63, 3.8) is 0 Å². The van der Waals surface area contributed by atoms with Crippen LogP contribution in [0.3, 0.4) is 0 Å². The Morgan fingerprint density at radius 2 is 1.62 bits per heavy atom. The van der Waals surface area contributed by atoms with Gasteiger partial charge in [0, 0.05) is 29.2 Å². The number of aryl methyl sites for hydroxylation is 3. The van der Waals surface area contributed by atoms with Crippen LogP contribution in [-0.4, -0.2) is 29.7 Å². The summed E-state index contributed by atoms with van der Waals surface area (Å²) in [4.78, 5) is 15.7. The van der Waals surface area contributed by atoms with Gasteiger partial charge in [-0.25, -0.2) is 24.6 Å². The molecule has 0 unspecified atom stereocenters. The van der Waals surface area contributed by atoms with E-state index in [1.165, 1.54) is 12.4 Å². The van der Waals surface area contributed by atoms with E-state index in [9.17, 15) is 4.39 Å². The molecule has 0 atom stereocenters. The molecule has 0 aliphatic carbocycles. The van der Waals surface area contributed by atoms with E-state index in [1.807, 2.05) is 27.0 Å². The number of nitrogens with zero attached hydrogens (tertiary/aromatic N) is 6. The highest BCUT2D eigenvalue weighted by atomic mass is 19.1. The molecule has 3 heterocycles. The molecule has 3 rings (SSSR count). The van der Waals surface area contributed by atoms with Crippen molar-refractivity contribution < 1.29 is 4.39 Å². The Morgan fingerprint density at radius 1 is 0.905 bits per heavy atom. The fraction of sp³-hybridized carbons (Fsp3) is 0.214. The fourth-order valence-electron chi connectivity index (χ4n) is 2.13. The summed E-state index contributed by atoms with van der Waals surface area (Å²) >= 11 is 0. The summed E-state index contributed by atoms with van der Waals surface area (Å²) in [6, 6.07) is 0. The molecule has 0 aliphatic heterocycles. The van der Waals surface area contributed by atoms with Gasteiger partial charge in [0.05, 0.1) is 18.1 Å². The highest BCUT2D eigenvalue weighted by Gasteiger charge is 2.12. The smallest absolute Gasteiger partial charge is 0.241 e. The van der Waals surface area contributed by atoms with Gasteiger partial charge in [-0.2, -0.15) is 9.49 Å². The average molecular weight is 284 g/mol. The van der Waals surface area contributed by atoms with Crippen LogP contribution in [0.4, 0.5) is 4.39 Å². The van der Waals surface area contributed by atoms with E-state index >= 15 is 0 Å². The fourth-order valence-corrected chi connectivity index (χ4v) is 2.13. The lowest BCUT2D eigenvalue weighted by Gasteiger charge is -2.03. The van der Waals surface area contributed by atoms with Crippen LogP contribution in [0.15, 0.2) is 24.8 Å². The van der Waals surface area contributed by atoms with Crippen molar-refractivity contribution in [1.82, 2.24) is 29.7 Å². The van der Waals surface area contributed by atoms with Crippen molar-refractivity contribution >= 4 is 0 Å². The second kappa shape index (κ2) is 5.01. The average Bonchev–Trinajstić information content (AvgIpc) is 2.81. The molecule has 7 heteroatoms. The number of halogens is 1. The van der Waals surface area contributed by atoms with Gasteiger partial charge in [0.2, 0.25) is 0 Å². The highest BCUT2D eigenvalue weighted by Crippen LogP contribution is 2.25. The number of aromatic nitrogens is 6. The summed E-state index contributed by atoms with van der Waals surface area (Å²) in [6.45, 7) is 5.68. The van der Waals surface area contributed by atoms with Gasteiger partial charge in [0.15, 0.2) is 0 Å². The van der Waals surface area contributed by atoms with Crippen molar-refractivity contribution in [2.45, 2.75) is 20.8 Å². The van der Waals surface area contributed by atoms with E-state index in [4.69, 9.17) is 0 Å². The van der Waals surface area contributed by atoms with Gasteiger partial charge in [-0.15, -0.1) is 0 Å². The van der Waals surface area contributed by atoms with Crippen molar-refractivity contribution in [3.8, 4) is 16.8 Å². The maximum Gasteiger partial charge on any atom is 0.308 e. The van der Waals surface area contributed by atoms with Crippen molar-refractivity contribution in [2.24, 2.45) is 0 Å². The first-order valence-corrected chi connectivity index (χ1v) is 6.39. The first-order valence-electron chi connectivity index (χ1n) is 6.39. The standard InChI is InChI=1S/C14H13FN6/c1-8-12(6-16-10(3)19-8)13-7-21(20-9(13)2)11-4-17-14(15)18-5-11/h4-7H,1-3H3. The predicted octanol–water partition coefficient (Wildman–Crippen LogP) is 2.18. The maximum atomic E-state index is 12.8. The molecule has 0 bridgehead atoms. The SMILES string of the molecule is Cc1ncc(-c2cn(-c3cnc(F)nc3)nc2C)c(C)n1. The van der Waals surface area contributed by atoms with Gasteiger partial charge in [-0.1, -0.05) is 0 Å². The summed E-state index contributed by atoms with van der Waals surface area (Å²) in [5.74, 6) is 0.730. The lowest BCUT2D eigenvalue weighted by Crippen LogP contribution is -1.98. The normalized spacial score (nSPS) is 10.9. The van der Waals surface area contributed by atoms with Crippen LogP contribution in [-0.2, 0) is 0 Å². The highest BCUT2D eigenvalue weighted by molar-refractivity contribution is 5.66. The van der Waals surface area contributed by atoms with Crippen LogP contribution in [0.25, 0.3) is 16.8 Å². The third-order valence-corrected chi connectivity index (χ3v) is 3.16. The molecule has 0 saturated carbocycles. The van der Waals surface area contributed by atoms with Gasteiger partial charge < -0.3 is 0 Å². The van der Waals surface area contributed by atoms with Gasteiger partial charge >= 0.3 is 6.08 Å². The zero-order chi connectivity index (χ0) is 15.0. The monoisotopic (exact) mass is 284 g/mol. The van der Waals surface area contributed by atoms with Crippen LogP contribution in [0, 0.1) is 26.8 Å². The summed E-state index contributed by atoms with van der Waals surface area (Å²) < 4.78 is 14.4. The van der Waals surface area contributed by atoms with Gasteiger partial charge in [-0.05, 0) is 20.8 Å². The largest absolute Gasteiger partial charge is 0.308 e. The van der Waals surface area contributed by atoms with E-state index in [1.54, 1.807) is 10.9 Å². The van der Waals surface area contributed by atoms with E-state index in [0.717, 1.165) is 28.3 Å². The van der Waals surface area contributed by atoms with Crippen LogP contribution >= 0.6 is 0 Å². The van der Waals surface area contributed by atoms with Crippen LogP contribution in [0.1, 0.15) is 17.2 Å². The van der Waals surface area contributed by atoms with Crippen LogP contribution < -0.4 is 0 Å². The molecule has 6 nitrogen and oxygen atoms in total. The Hall–Kier alpha value is -2.70. The lowest BCUT2D eigenvalue weighted by molar-refractivity contribution is 0.537. The Labute approximate surface area is 120 Å². The second-order valence-electron chi connectivity index (χ2n) is 4.70. The summed E-state index contributed by atoms with van der Waals surface area (Å²) in [7, 11) is 0. The number of rotatable bonds is 2. The molecule has 0 amide bonds. The van der Waals surface area contributed by atoms with Gasteiger partial charge in [-0.3, -0.25) is 0 Å². The van der Waals surface area contributed by atoms with Gasteiger partial charge in [0.25, 0.3) is 0 Å². The Kier molecular flexibility index (Phi) is 3.17. The molecule has 0 aromatic carbocycles. The minimum absolute atomic E-state index is 0.594. The Morgan fingerprint density at radius 3 is 2.29 bits per heavy atom. The third-order valence-electron chi connectivity index (χ3n) is 3.16. The summed E-state index contributed by atoms with van der Waals surface area (Å²) in [5.41, 5.74) is 4.16. The molecular weight excluding hydrogens is 271 g/mol. The zero-order valence-corrected chi connectivity index (χ0v) is 11.9. The molecule has 21 heavy (non-hydrogen) atoms. The first-order chi connectivity index (χ1) is 10.0. The minimum Gasteiger partial charge on any atom is -0.241 e. The Balaban J connectivity index is 2.07. The van der Waals surface area contributed by atoms with Crippen LogP contribution in [0.5, 0.6) is 0 Å². The van der Waals surface area contributed by atoms with Gasteiger partial charge in [0.1, 0.15) is 11.5 Å². The van der Waals surface area contributed by atoms with E-state index in [0.29, 0.717) is 5.69 Å². The Bertz CT molecular complexity index is 794. The summed E-state index contributed by atoms with van der Waals surface area (Å²) in [5, 5.41) is 4.41. The maximum absolute atomic E-state index is 12.8. The van der Waals surface area contributed by atoms with Crippen molar-refractivity contribution in [3.05, 3.63) is 48.1 Å². The number of hydrogen-bond acceptors (Lipinski definition) is 5. The summed E-state index contributed by atoms with van der Waals surface area (Å²) in [6.07, 6.45) is 5.64. The van der Waals surface area contributed by atoms with Crippen molar-refractivity contribution in [2.75, 3.05) is 0 Å². The van der Waals surface area contributed by atoms with Crippen LogP contribution in [0.2, 0.25) is 0 Å². The van der Waals surface area contributed by atoms with E-state index < -0.39 is 6.08 Å². The zero-order valence-electron chi connectivity index (χ0n) is 11.9. The van der Waals surface area contributed by atoms with E-state index in [2.05, 4.69) is 25.0 Å². The molecule has 0 radical (unpaired) electrons. The van der Waals surface area contributed by atoms with Crippen molar-refractivity contribution in [1.29, 1.82) is 0 Å². The molecule has 0 saturated heterocycles. The molecule has 106 valence electrons. The first kappa shape index (κ1) is 13.3. The minimum atomic E-state index is -0.759. The topological polar surface area (TPSA) is 69.4 Å². The molecular formula is C14H13FN6. The van der Waals surface area contributed by atoms with E-state index in [-0.39, 0.29) is 0 Å². The predicted molar refractivity (Wildman–Crippen MR) is 74.3 cm³/mol. The molecule has 3 aromatic heterocycles. The quantitative estimate of drug-likeness (QED) is 0.675. The molecule has 0 N–H and O–H groups in total. The lowest BCUT2D eigenvalue weighted by atomic mass is 10.1. The second-order valence-corrected chi connectivity index (χ2v) is 4.70. The third kappa shape index (κ3) is 2.49. The molecule has 0 aliphatic rings. The molecule has 3 aromatic rings. The molecule has 0 spiro atoms. The number of hydrogen-bond donors (Lipinski definition) is 0.